The van der Waals surface area contributed by atoms with E-state index in [1.54, 1.807) is 13.8 Å². The molecule has 0 heterocycles. The molecule has 3 amide bonds. The number of carbonyl (C=O) groups excluding carboxylic acids is 3. The smallest absolute Gasteiger partial charge is 0.328 e. The Hall–Kier alpha value is -2.57. The predicted molar refractivity (Wildman–Crippen MR) is 109 cm³/mol. The molecule has 1 rings (SSSR count). The minimum absolute atomic E-state index is 0.147. The van der Waals surface area contributed by atoms with E-state index in [1.807, 2.05) is 30.3 Å². The summed E-state index contributed by atoms with van der Waals surface area (Å²) in [4.78, 5) is 36.0. The first-order valence-corrected chi connectivity index (χ1v) is 9.99. The summed E-state index contributed by atoms with van der Waals surface area (Å²) in [5, 5.41) is 7.86. The van der Waals surface area contributed by atoms with Gasteiger partial charge in [0.25, 0.3) is 0 Å². The molecule has 0 aromatic heterocycles. The number of carbonyl (C=O) groups is 3. The average molecular weight is 392 g/mol. The van der Waals surface area contributed by atoms with Crippen molar-refractivity contribution in [2.75, 3.05) is 6.54 Å². The molecule has 0 spiro atoms. The Morgan fingerprint density at radius 1 is 0.929 bits per heavy atom. The summed E-state index contributed by atoms with van der Waals surface area (Å²) in [5.74, 6) is -0.969. The lowest BCUT2D eigenvalue weighted by molar-refractivity contribution is -0.148. The third-order valence-electron chi connectivity index (χ3n) is 4.24. The number of ether oxygens (including phenoxy) is 1. The van der Waals surface area contributed by atoms with Crippen molar-refractivity contribution in [2.24, 2.45) is 0 Å². The Bertz CT molecular complexity index is 607. The topological polar surface area (TPSA) is 96.5 Å². The summed E-state index contributed by atoms with van der Waals surface area (Å²) in [6.45, 7) is 5.99. The molecule has 0 unspecified atom stereocenters. The van der Waals surface area contributed by atoms with Crippen LogP contribution in [0.1, 0.15) is 58.4 Å². The summed E-state index contributed by atoms with van der Waals surface area (Å²) in [7, 11) is 0. The Morgan fingerprint density at radius 3 is 2.29 bits per heavy atom. The fourth-order valence-corrected chi connectivity index (χ4v) is 2.49. The quantitative estimate of drug-likeness (QED) is 0.377. The molecule has 2 atom stereocenters. The van der Waals surface area contributed by atoms with Crippen LogP contribution in [0.5, 0.6) is 0 Å². The van der Waals surface area contributed by atoms with Crippen LogP contribution in [-0.4, -0.2) is 36.5 Å². The number of rotatable bonds is 12. The van der Waals surface area contributed by atoms with Gasteiger partial charge in [-0.1, -0.05) is 62.9 Å². The van der Waals surface area contributed by atoms with Gasteiger partial charge in [0.15, 0.2) is 0 Å². The van der Waals surface area contributed by atoms with Crippen molar-refractivity contribution >= 4 is 17.9 Å². The Labute approximate surface area is 167 Å². The second-order valence-corrected chi connectivity index (χ2v) is 6.86. The molecule has 1 aromatic rings. The summed E-state index contributed by atoms with van der Waals surface area (Å²) in [6.07, 6.45) is 5.54. The van der Waals surface area contributed by atoms with Crippen LogP contribution in [0.4, 0.5) is 4.79 Å². The average Bonchev–Trinajstić information content (AvgIpc) is 2.69. The molecule has 0 aliphatic rings. The van der Waals surface area contributed by atoms with Crippen molar-refractivity contribution in [2.45, 2.75) is 71.6 Å². The van der Waals surface area contributed by atoms with Crippen LogP contribution >= 0.6 is 0 Å². The second kappa shape index (κ2) is 13.6. The molecule has 0 saturated heterocycles. The highest BCUT2D eigenvalue weighted by atomic mass is 16.5. The molecular formula is C21H33N3O4. The Balaban J connectivity index is 2.24. The standard InChI is InChI=1S/C21H33N3O4/c1-4-5-6-7-11-14-22-21(27)24-16(2)19(25)23-17(3)20(26)28-15-18-12-9-8-10-13-18/h8-10,12-13,16-17H,4-7,11,14-15H2,1-3H3,(H,23,25)(H2,22,24,27)/t16-,17-/m0/s1. The van der Waals surface area contributed by atoms with Gasteiger partial charge in [-0.05, 0) is 25.8 Å². The lowest BCUT2D eigenvalue weighted by Gasteiger charge is -2.18. The van der Waals surface area contributed by atoms with Gasteiger partial charge in [-0.15, -0.1) is 0 Å². The van der Waals surface area contributed by atoms with Gasteiger partial charge in [0.1, 0.15) is 18.7 Å². The van der Waals surface area contributed by atoms with E-state index < -0.39 is 30.0 Å². The lowest BCUT2D eigenvalue weighted by atomic mass is 10.1. The summed E-state index contributed by atoms with van der Waals surface area (Å²) >= 11 is 0. The second-order valence-electron chi connectivity index (χ2n) is 6.86. The number of benzene rings is 1. The molecule has 0 aliphatic carbocycles. The first-order chi connectivity index (χ1) is 13.4. The van der Waals surface area contributed by atoms with Crippen LogP contribution < -0.4 is 16.0 Å². The normalized spacial score (nSPS) is 12.5. The van der Waals surface area contributed by atoms with Crippen LogP contribution in [0.2, 0.25) is 0 Å². The van der Waals surface area contributed by atoms with E-state index in [4.69, 9.17) is 4.74 Å². The minimum atomic E-state index is -0.804. The molecule has 0 aliphatic heterocycles. The molecule has 156 valence electrons. The van der Waals surface area contributed by atoms with Crippen LogP contribution in [0.3, 0.4) is 0 Å². The highest BCUT2D eigenvalue weighted by Crippen LogP contribution is 2.02. The van der Waals surface area contributed by atoms with Crippen LogP contribution in [-0.2, 0) is 20.9 Å². The third kappa shape index (κ3) is 9.94. The number of urea groups is 1. The maximum Gasteiger partial charge on any atom is 0.328 e. The summed E-state index contributed by atoms with van der Waals surface area (Å²) in [6, 6.07) is 7.35. The molecule has 0 bridgehead atoms. The number of unbranched alkanes of at least 4 members (excludes halogenated alkanes) is 4. The van der Waals surface area contributed by atoms with Gasteiger partial charge < -0.3 is 20.7 Å². The molecule has 7 heteroatoms. The van der Waals surface area contributed by atoms with E-state index in [2.05, 4.69) is 22.9 Å². The SMILES string of the molecule is CCCCCCCNC(=O)N[C@@H](C)C(=O)N[C@@H](C)C(=O)OCc1ccccc1. The molecule has 7 nitrogen and oxygen atoms in total. The molecule has 0 fully saturated rings. The van der Waals surface area contributed by atoms with Gasteiger partial charge >= 0.3 is 12.0 Å². The summed E-state index contributed by atoms with van der Waals surface area (Å²) in [5.41, 5.74) is 0.871. The molecule has 3 N–H and O–H groups in total. The zero-order valence-corrected chi connectivity index (χ0v) is 17.1. The minimum Gasteiger partial charge on any atom is -0.459 e. The Kier molecular flexibility index (Phi) is 11.4. The first kappa shape index (κ1) is 23.5. The van der Waals surface area contributed by atoms with Crippen molar-refractivity contribution in [1.29, 1.82) is 0 Å². The molecule has 0 radical (unpaired) electrons. The number of amides is 3. The maximum atomic E-state index is 12.2. The number of nitrogens with one attached hydrogen (secondary N) is 3. The van der Waals surface area contributed by atoms with Crippen molar-refractivity contribution in [3.05, 3.63) is 35.9 Å². The number of hydrogen-bond donors (Lipinski definition) is 3. The van der Waals surface area contributed by atoms with Crippen LogP contribution in [0.25, 0.3) is 0 Å². The van der Waals surface area contributed by atoms with E-state index in [1.165, 1.54) is 12.8 Å². The van der Waals surface area contributed by atoms with Crippen molar-refractivity contribution < 1.29 is 19.1 Å². The van der Waals surface area contributed by atoms with E-state index in [0.29, 0.717) is 6.54 Å². The largest absolute Gasteiger partial charge is 0.459 e. The highest BCUT2D eigenvalue weighted by Gasteiger charge is 2.21. The molecule has 28 heavy (non-hydrogen) atoms. The van der Waals surface area contributed by atoms with Crippen LogP contribution in [0, 0.1) is 0 Å². The van der Waals surface area contributed by atoms with E-state index in [9.17, 15) is 14.4 Å². The maximum absolute atomic E-state index is 12.2. The van der Waals surface area contributed by atoms with Crippen molar-refractivity contribution in [3.63, 3.8) is 0 Å². The van der Waals surface area contributed by atoms with Gasteiger partial charge in [0, 0.05) is 6.54 Å². The fourth-order valence-electron chi connectivity index (χ4n) is 2.49. The molecule has 0 saturated carbocycles. The van der Waals surface area contributed by atoms with Crippen molar-refractivity contribution in [1.82, 2.24) is 16.0 Å². The zero-order chi connectivity index (χ0) is 20.8. The van der Waals surface area contributed by atoms with Crippen LogP contribution in [0.15, 0.2) is 30.3 Å². The van der Waals surface area contributed by atoms with Gasteiger partial charge in [0.05, 0.1) is 0 Å². The van der Waals surface area contributed by atoms with Gasteiger partial charge in [-0.3, -0.25) is 4.79 Å². The lowest BCUT2D eigenvalue weighted by Crippen LogP contribution is -2.51. The van der Waals surface area contributed by atoms with Crippen molar-refractivity contribution in [3.8, 4) is 0 Å². The van der Waals surface area contributed by atoms with E-state index in [0.717, 1.165) is 24.8 Å². The van der Waals surface area contributed by atoms with Gasteiger partial charge in [-0.2, -0.15) is 0 Å². The third-order valence-corrected chi connectivity index (χ3v) is 4.24. The molecular weight excluding hydrogens is 358 g/mol. The fraction of sp³-hybridized carbons (Fsp3) is 0.571. The summed E-state index contributed by atoms with van der Waals surface area (Å²) < 4.78 is 5.19. The zero-order valence-electron chi connectivity index (χ0n) is 17.1. The highest BCUT2D eigenvalue weighted by molar-refractivity contribution is 5.89. The van der Waals surface area contributed by atoms with Gasteiger partial charge in [-0.25, -0.2) is 9.59 Å². The monoisotopic (exact) mass is 391 g/mol. The Morgan fingerprint density at radius 2 is 1.61 bits per heavy atom. The number of hydrogen-bond acceptors (Lipinski definition) is 4. The predicted octanol–water partition coefficient (Wildman–Crippen LogP) is 2.89. The van der Waals surface area contributed by atoms with E-state index >= 15 is 0 Å². The molecule has 1 aromatic carbocycles. The first-order valence-electron chi connectivity index (χ1n) is 9.99. The van der Waals surface area contributed by atoms with Gasteiger partial charge in [0.2, 0.25) is 5.91 Å². The van der Waals surface area contributed by atoms with E-state index in [-0.39, 0.29) is 6.61 Å². The number of esters is 1.